The summed E-state index contributed by atoms with van der Waals surface area (Å²) >= 11 is 0. The minimum absolute atomic E-state index is 0.237. The third kappa shape index (κ3) is 2.29. The van der Waals surface area contributed by atoms with Gasteiger partial charge in [-0.3, -0.25) is 0 Å². The second-order valence-corrected chi connectivity index (χ2v) is 4.36. The summed E-state index contributed by atoms with van der Waals surface area (Å²) in [6.45, 7) is 3.28. The Morgan fingerprint density at radius 2 is 2.13 bits per heavy atom. The van der Waals surface area contributed by atoms with E-state index < -0.39 is 0 Å². The molecule has 5 heteroatoms. The van der Waals surface area contributed by atoms with Crippen molar-refractivity contribution in [2.24, 2.45) is 11.8 Å². The van der Waals surface area contributed by atoms with Crippen LogP contribution in [-0.4, -0.2) is 23.6 Å². The van der Waals surface area contributed by atoms with Gasteiger partial charge in [0, 0.05) is 19.7 Å². The topological polar surface area (TPSA) is 81.1 Å². The summed E-state index contributed by atoms with van der Waals surface area (Å²) in [5.74, 6) is 3.09. The molecule has 15 heavy (non-hydrogen) atoms. The molecular weight excluding hydrogens is 190 g/mol. The van der Waals surface area contributed by atoms with Crippen molar-refractivity contribution in [3.8, 4) is 0 Å². The van der Waals surface area contributed by atoms with E-state index in [2.05, 4.69) is 21.8 Å². The summed E-state index contributed by atoms with van der Waals surface area (Å²) in [6, 6.07) is 1.75. The summed E-state index contributed by atoms with van der Waals surface area (Å²) < 4.78 is 0. The molecule has 2 rings (SSSR count). The van der Waals surface area contributed by atoms with Crippen LogP contribution in [0.1, 0.15) is 13.3 Å². The molecule has 0 saturated heterocycles. The van der Waals surface area contributed by atoms with Gasteiger partial charge < -0.3 is 16.4 Å². The van der Waals surface area contributed by atoms with E-state index in [0.29, 0.717) is 5.82 Å². The molecule has 2 atom stereocenters. The van der Waals surface area contributed by atoms with E-state index in [1.165, 1.54) is 6.42 Å². The fraction of sp³-hybridized carbons (Fsp3) is 0.600. The van der Waals surface area contributed by atoms with Crippen molar-refractivity contribution >= 4 is 17.6 Å². The number of anilines is 3. The van der Waals surface area contributed by atoms with Gasteiger partial charge in [-0.2, -0.15) is 9.97 Å². The fourth-order valence-corrected chi connectivity index (χ4v) is 1.77. The molecule has 0 spiro atoms. The lowest BCUT2D eigenvalue weighted by Gasteiger charge is -2.18. The Hall–Kier alpha value is -1.52. The molecule has 1 saturated carbocycles. The zero-order valence-electron chi connectivity index (χ0n) is 9.14. The lowest BCUT2D eigenvalue weighted by Crippen LogP contribution is -2.22. The maximum absolute atomic E-state index is 5.61. The molecule has 0 amide bonds. The Kier molecular flexibility index (Phi) is 2.38. The Labute approximate surface area is 89.5 Å². The zero-order chi connectivity index (χ0) is 11.0. The molecule has 2 unspecified atom stereocenters. The average Bonchev–Trinajstić information content (AvgIpc) is 2.79. The molecule has 1 aliphatic carbocycles. The van der Waals surface area contributed by atoms with Crippen LogP contribution < -0.4 is 16.4 Å². The quantitative estimate of drug-likeness (QED) is 0.763. The largest absolute Gasteiger partial charge is 0.383 e. The van der Waals surface area contributed by atoms with Crippen molar-refractivity contribution in [2.75, 3.05) is 30.0 Å². The molecule has 1 aromatic heterocycles. The standard InChI is InChI=1S/C10H17N5/c1-6-3-7(6)5-15(2)9-4-8(11)13-10(12)14-9/h4,6-7H,3,5H2,1-2H3,(H4,11,12,13,14). The second-order valence-electron chi connectivity index (χ2n) is 4.36. The van der Waals surface area contributed by atoms with Gasteiger partial charge in [-0.1, -0.05) is 6.92 Å². The lowest BCUT2D eigenvalue weighted by atomic mass is 10.3. The third-order valence-electron chi connectivity index (χ3n) is 2.93. The predicted octanol–water partition coefficient (Wildman–Crippen LogP) is 0.733. The molecule has 1 fully saturated rings. The zero-order valence-corrected chi connectivity index (χ0v) is 9.14. The van der Waals surface area contributed by atoms with Crippen LogP contribution in [0.4, 0.5) is 17.6 Å². The van der Waals surface area contributed by atoms with Crippen molar-refractivity contribution in [1.82, 2.24) is 9.97 Å². The van der Waals surface area contributed by atoms with E-state index >= 15 is 0 Å². The average molecular weight is 207 g/mol. The molecule has 1 heterocycles. The highest BCUT2D eigenvalue weighted by Crippen LogP contribution is 2.38. The van der Waals surface area contributed by atoms with E-state index in [-0.39, 0.29) is 5.95 Å². The number of aromatic nitrogens is 2. The molecule has 4 N–H and O–H groups in total. The number of nitrogens with two attached hydrogens (primary N) is 2. The van der Waals surface area contributed by atoms with Gasteiger partial charge in [0.15, 0.2) is 0 Å². The van der Waals surface area contributed by atoms with Gasteiger partial charge in [0.1, 0.15) is 11.6 Å². The van der Waals surface area contributed by atoms with E-state index in [9.17, 15) is 0 Å². The number of hydrogen-bond donors (Lipinski definition) is 2. The number of nitrogens with zero attached hydrogens (tertiary/aromatic N) is 3. The van der Waals surface area contributed by atoms with Crippen molar-refractivity contribution in [2.45, 2.75) is 13.3 Å². The third-order valence-corrected chi connectivity index (χ3v) is 2.93. The molecule has 0 aliphatic heterocycles. The summed E-state index contributed by atoms with van der Waals surface area (Å²) in [7, 11) is 2.01. The first-order chi connectivity index (χ1) is 7.06. The van der Waals surface area contributed by atoms with Crippen LogP contribution in [0.25, 0.3) is 0 Å². The van der Waals surface area contributed by atoms with Crippen LogP contribution in [0.3, 0.4) is 0 Å². The maximum Gasteiger partial charge on any atom is 0.223 e. The van der Waals surface area contributed by atoms with Crippen LogP contribution in [0, 0.1) is 11.8 Å². The molecule has 1 aromatic rings. The molecule has 5 nitrogen and oxygen atoms in total. The number of nitrogen functional groups attached to an aromatic ring is 2. The molecule has 82 valence electrons. The minimum Gasteiger partial charge on any atom is -0.383 e. The van der Waals surface area contributed by atoms with Crippen molar-refractivity contribution in [3.63, 3.8) is 0 Å². The molecule has 0 radical (unpaired) electrons. The van der Waals surface area contributed by atoms with E-state index in [4.69, 9.17) is 11.5 Å². The molecular formula is C10H17N5. The second kappa shape index (κ2) is 3.56. The van der Waals surface area contributed by atoms with Gasteiger partial charge in [-0.25, -0.2) is 0 Å². The highest BCUT2D eigenvalue weighted by atomic mass is 15.2. The Bertz CT molecular complexity index is 345. The van der Waals surface area contributed by atoms with Gasteiger partial charge in [0.05, 0.1) is 0 Å². The monoisotopic (exact) mass is 207 g/mol. The van der Waals surface area contributed by atoms with Crippen LogP contribution in [-0.2, 0) is 0 Å². The van der Waals surface area contributed by atoms with Crippen LogP contribution in [0.15, 0.2) is 6.07 Å². The maximum atomic E-state index is 5.61. The first-order valence-corrected chi connectivity index (χ1v) is 5.17. The summed E-state index contributed by atoms with van der Waals surface area (Å²) in [5.41, 5.74) is 11.2. The van der Waals surface area contributed by atoms with Crippen LogP contribution >= 0.6 is 0 Å². The van der Waals surface area contributed by atoms with Crippen LogP contribution in [0.5, 0.6) is 0 Å². The van der Waals surface area contributed by atoms with Gasteiger partial charge in [0.2, 0.25) is 5.95 Å². The van der Waals surface area contributed by atoms with E-state index in [0.717, 1.165) is 24.2 Å². The summed E-state index contributed by atoms with van der Waals surface area (Å²) in [5, 5.41) is 0. The van der Waals surface area contributed by atoms with Crippen molar-refractivity contribution < 1.29 is 0 Å². The summed E-state index contributed by atoms with van der Waals surface area (Å²) in [6.07, 6.45) is 1.31. The Morgan fingerprint density at radius 1 is 1.47 bits per heavy atom. The Morgan fingerprint density at radius 3 is 2.67 bits per heavy atom. The molecule has 0 bridgehead atoms. The van der Waals surface area contributed by atoms with E-state index in [1.54, 1.807) is 6.07 Å². The minimum atomic E-state index is 0.237. The normalized spacial score (nSPS) is 23.9. The van der Waals surface area contributed by atoms with Gasteiger partial charge >= 0.3 is 0 Å². The first-order valence-electron chi connectivity index (χ1n) is 5.17. The predicted molar refractivity (Wildman–Crippen MR) is 61.4 cm³/mol. The van der Waals surface area contributed by atoms with Crippen molar-refractivity contribution in [3.05, 3.63) is 6.07 Å². The molecule has 0 aromatic carbocycles. The smallest absolute Gasteiger partial charge is 0.223 e. The number of hydrogen-bond acceptors (Lipinski definition) is 5. The summed E-state index contributed by atoms with van der Waals surface area (Å²) in [4.78, 5) is 10.1. The molecule has 1 aliphatic rings. The van der Waals surface area contributed by atoms with Gasteiger partial charge in [-0.15, -0.1) is 0 Å². The number of rotatable bonds is 3. The highest BCUT2D eigenvalue weighted by Gasteiger charge is 2.33. The van der Waals surface area contributed by atoms with Gasteiger partial charge in [0.25, 0.3) is 0 Å². The SMILES string of the molecule is CC1CC1CN(C)c1cc(N)nc(N)n1. The Balaban J connectivity index is 2.07. The van der Waals surface area contributed by atoms with Crippen molar-refractivity contribution in [1.29, 1.82) is 0 Å². The first kappa shape index (κ1) is 10.0. The van der Waals surface area contributed by atoms with Gasteiger partial charge in [-0.05, 0) is 18.3 Å². The van der Waals surface area contributed by atoms with E-state index in [1.807, 2.05) is 7.05 Å². The fourth-order valence-electron chi connectivity index (χ4n) is 1.77. The van der Waals surface area contributed by atoms with Crippen LogP contribution in [0.2, 0.25) is 0 Å². The highest BCUT2D eigenvalue weighted by molar-refractivity contribution is 5.49. The lowest BCUT2D eigenvalue weighted by molar-refractivity contribution is 0.719.